The molecule has 0 bridgehead atoms. The van der Waals surface area contributed by atoms with Crippen LogP contribution in [0.3, 0.4) is 0 Å². The van der Waals surface area contributed by atoms with E-state index in [0.29, 0.717) is 12.2 Å². The summed E-state index contributed by atoms with van der Waals surface area (Å²) in [5, 5.41) is 0. The summed E-state index contributed by atoms with van der Waals surface area (Å²) in [5.41, 5.74) is 6.52. The van der Waals surface area contributed by atoms with Crippen molar-refractivity contribution in [1.29, 1.82) is 0 Å². The van der Waals surface area contributed by atoms with E-state index in [1.807, 2.05) is 0 Å². The number of halogens is 5. The molecule has 0 fully saturated rings. The SMILES string of the molecule is COc1ccc(Br)cc1CC(N)COCC(F)(F)C(F)F. The molecule has 3 nitrogen and oxygen atoms in total. The van der Waals surface area contributed by atoms with Crippen molar-refractivity contribution in [2.75, 3.05) is 20.3 Å². The first kappa shape index (κ1) is 18.2. The lowest BCUT2D eigenvalue weighted by Gasteiger charge is -2.18. The lowest BCUT2D eigenvalue weighted by molar-refractivity contribution is -0.166. The van der Waals surface area contributed by atoms with Gasteiger partial charge in [0.15, 0.2) is 0 Å². The van der Waals surface area contributed by atoms with Crippen LogP contribution in [0.5, 0.6) is 5.75 Å². The van der Waals surface area contributed by atoms with Gasteiger partial charge < -0.3 is 15.2 Å². The Labute approximate surface area is 128 Å². The van der Waals surface area contributed by atoms with Crippen LogP contribution in [0.1, 0.15) is 5.56 Å². The number of benzene rings is 1. The fourth-order valence-corrected chi connectivity index (χ4v) is 2.07. The summed E-state index contributed by atoms with van der Waals surface area (Å²) < 4.78 is 59.8. The molecule has 2 N–H and O–H groups in total. The number of alkyl halides is 4. The van der Waals surface area contributed by atoms with E-state index in [1.54, 1.807) is 18.2 Å². The highest BCUT2D eigenvalue weighted by Gasteiger charge is 2.41. The topological polar surface area (TPSA) is 44.5 Å². The molecule has 8 heteroatoms. The smallest absolute Gasteiger partial charge is 0.330 e. The second-order valence-electron chi connectivity index (χ2n) is 4.50. The van der Waals surface area contributed by atoms with Gasteiger partial charge in [-0.15, -0.1) is 0 Å². The minimum Gasteiger partial charge on any atom is -0.496 e. The zero-order valence-corrected chi connectivity index (χ0v) is 12.9. The zero-order chi connectivity index (χ0) is 16.0. The molecule has 0 spiro atoms. The van der Waals surface area contributed by atoms with E-state index in [2.05, 4.69) is 20.7 Å². The lowest BCUT2D eigenvalue weighted by Crippen LogP contribution is -2.36. The number of nitrogens with two attached hydrogens (primary N) is 1. The lowest BCUT2D eigenvalue weighted by atomic mass is 10.1. The zero-order valence-electron chi connectivity index (χ0n) is 11.3. The highest BCUT2D eigenvalue weighted by molar-refractivity contribution is 9.10. The summed E-state index contributed by atoms with van der Waals surface area (Å²) >= 11 is 3.30. The molecule has 0 radical (unpaired) electrons. The molecule has 0 aliphatic rings. The maximum Gasteiger partial charge on any atom is 0.330 e. The van der Waals surface area contributed by atoms with Crippen LogP contribution in [0, 0.1) is 0 Å². The minimum atomic E-state index is -4.16. The molecule has 0 amide bonds. The predicted molar refractivity (Wildman–Crippen MR) is 74.1 cm³/mol. The maximum atomic E-state index is 12.7. The second-order valence-corrected chi connectivity index (χ2v) is 5.41. The van der Waals surface area contributed by atoms with Crippen LogP contribution in [0.4, 0.5) is 17.6 Å². The summed E-state index contributed by atoms with van der Waals surface area (Å²) in [7, 11) is 1.50. The normalized spacial score (nSPS) is 13.5. The molecule has 1 rings (SSSR count). The maximum absolute atomic E-state index is 12.7. The van der Waals surface area contributed by atoms with E-state index >= 15 is 0 Å². The van der Waals surface area contributed by atoms with Gasteiger partial charge in [0.1, 0.15) is 12.4 Å². The summed E-state index contributed by atoms with van der Waals surface area (Å²) in [4.78, 5) is 0. The van der Waals surface area contributed by atoms with Gasteiger partial charge in [-0.1, -0.05) is 15.9 Å². The van der Waals surface area contributed by atoms with Crippen molar-refractivity contribution >= 4 is 15.9 Å². The third-order valence-corrected chi connectivity index (χ3v) is 3.16. The van der Waals surface area contributed by atoms with Gasteiger partial charge >= 0.3 is 12.3 Å². The van der Waals surface area contributed by atoms with Gasteiger partial charge in [0, 0.05) is 10.5 Å². The van der Waals surface area contributed by atoms with Crippen LogP contribution < -0.4 is 10.5 Å². The quantitative estimate of drug-likeness (QED) is 0.711. The summed E-state index contributed by atoms with van der Waals surface area (Å²) in [6, 6.07) is 4.69. The van der Waals surface area contributed by atoms with Gasteiger partial charge in [-0.25, -0.2) is 8.78 Å². The first-order chi connectivity index (χ1) is 9.76. The number of hydrogen-bond donors (Lipinski definition) is 1. The van der Waals surface area contributed by atoms with Gasteiger partial charge in [-0.3, -0.25) is 0 Å². The third kappa shape index (κ3) is 5.80. The molecule has 0 saturated heterocycles. The van der Waals surface area contributed by atoms with Crippen molar-refractivity contribution in [2.24, 2.45) is 5.73 Å². The number of rotatable bonds is 8. The molecule has 1 aromatic rings. The molecule has 1 aromatic carbocycles. The van der Waals surface area contributed by atoms with Crippen molar-refractivity contribution in [2.45, 2.75) is 24.8 Å². The summed E-state index contributed by atoms with van der Waals surface area (Å²) in [5.74, 6) is -3.56. The van der Waals surface area contributed by atoms with Crippen LogP contribution in [0.2, 0.25) is 0 Å². The molecule has 21 heavy (non-hydrogen) atoms. The van der Waals surface area contributed by atoms with Gasteiger partial charge in [0.05, 0.1) is 13.7 Å². The average molecular weight is 374 g/mol. The Bertz CT molecular complexity index is 460. The molecule has 0 aliphatic carbocycles. The first-order valence-electron chi connectivity index (χ1n) is 6.08. The fourth-order valence-electron chi connectivity index (χ4n) is 1.66. The monoisotopic (exact) mass is 373 g/mol. The molecule has 1 atom stereocenters. The van der Waals surface area contributed by atoms with E-state index in [4.69, 9.17) is 10.5 Å². The van der Waals surface area contributed by atoms with Crippen molar-refractivity contribution in [3.63, 3.8) is 0 Å². The Morgan fingerprint density at radius 2 is 2.00 bits per heavy atom. The van der Waals surface area contributed by atoms with E-state index in [9.17, 15) is 17.6 Å². The van der Waals surface area contributed by atoms with E-state index in [1.165, 1.54) is 7.11 Å². The van der Waals surface area contributed by atoms with Crippen molar-refractivity contribution in [3.8, 4) is 5.75 Å². The molecule has 0 aromatic heterocycles. The van der Waals surface area contributed by atoms with Crippen LogP contribution in [-0.2, 0) is 11.2 Å². The van der Waals surface area contributed by atoms with Crippen LogP contribution >= 0.6 is 15.9 Å². The molecule has 120 valence electrons. The largest absolute Gasteiger partial charge is 0.496 e. The van der Waals surface area contributed by atoms with Gasteiger partial charge in [-0.2, -0.15) is 8.78 Å². The van der Waals surface area contributed by atoms with E-state index in [0.717, 1.165) is 10.0 Å². The summed E-state index contributed by atoms with van der Waals surface area (Å²) in [6.45, 7) is -1.61. The van der Waals surface area contributed by atoms with Crippen LogP contribution in [0.15, 0.2) is 22.7 Å². The molecule has 0 aliphatic heterocycles. The van der Waals surface area contributed by atoms with Crippen molar-refractivity contribution < 1.29 is 27.0 Å². The fraction of sp³-hybridized carbons (Fsp3) is 0.538. The average Bonchev–Trinajstić information content (AvgIpc) is 2.38. The Hall–Kier alpha value is -0.860. The van der Waals surface area contributed by atoms with Crippen LogP contribution in [-0.4, -0.2) is 38.7 Å². The Morgan fingerprint density at radius 3 is 2.57 bits per heavy atom. The van der Waals surface area contributed by atoms with Crippen LogP contribution in [0.25, 0.3) is 0 Å². The van der Waals surface area contributed by atoms with Gasteiger partial charge in [0.25, 0.3) is 0 Å². The number of hydrogen-bond acceptors (Lipinski definition) is 3. The Kier molecular flexibility index (Phi) is 6.89. The predicted octanol–water partition coefficient (Wildman–Crippen LogP) is 3.24. The highest BCUT2D eigenvalue weighted by Crippen LogP contribution is 2.25. The Balaban J connectivity index is 2.51. The van der Waals surface area contributed by atoms with E-state index in [-0.39, 0.29) is 6.61 Å². The first-order valence-corrected chi connectivity index (χ1v) is 6.87. The molecular formula is C13H16BrF4NO2. The number of methoxy groups -OCH3 is 1. The van der Waals surface area contributed by atoms with Crippen molar-refractivity contribution in [1.82, 2.24) is 0 Å². The number of ether oxygens (including phenoxy) is 2. The Morgan fingerprint density at radius 1 is 1.33 bits per heavy atom. The molecule has 1 unspecified atom stereocenters. The van der Waals surface area contributed by atoms with Crippen molar-refractivity contribution in [3.05, 3.63) is 28.2 Å². The highest BCUT2D eigenvalue weighted by atomic mass is 79.9. The summed E-state index contributed by atoms with van der Waals surface area (Å²) in [6.07, 6.45) is -3.44. The molecular weight excluding hydrogens is 358 g/mol. The second kappa shape index (κ2) is 7.95. The third-order valence-electron chi connectivity index (χ3n) is 2.67. The van der Waals surface area contributed by atoms with Gasteiger partial charge in [0.2, 0.25) is 0 Å². The van der Waals surface area contributed by atoms with E-state index < -0.39 is 25.0 Å². The standard InChI is InChI=1S/C13H16BrF4NO2/c1-20-11-3-2-9(14)4-8(11)5-10(19)6-21-7-13(17,18)12(15)16/h2-4,10,12H,5-7,19H2,1H3. The molecule has 0 saturated carbocycles. The minimum absolute atomic E-state index is 0.252. The van der Waals surface area contributed by atoms with Gasteiger partial charge in [-0.05, 0) is 30.2 Å². The molecule has 0 heterocycles.